The van der Waals surface area contributed by atoms with E-state index in [1.165, 1.54) is 18.4 Å². The standard InChI is InChI=1S/C24H26N2O3/c1-4-5-7-17-9-12-19(13-10-17)26-24(27)18-11-14-20(22(16-18)29-3)23-21(28-2)8-6-15-25-23/h6,8-16H,4-5,7H2,1-3H3,(H,26,27). The first-order valence-corrected chi connectivity index (χ1v) is 9.74. The number of nitrogens with one attached hydrogen (secondary N) is 1. The van der Waals surface area contributed by atoms with Gasteiger partial charge in [-0.2, -0.15) is 0 Å². The minimum Gasteiger partial charge on any atom is -0.496 e. The minimum atomic E-state index is -0.191. The molecule has 0 atom stereocenters. The van der Waals surface area contributed by atoms with Gasteiger partial charge in [0.05, 0.1) is 14.2 Å². The minimum absolute atomic E-state index is 0.191. The van der Waals surface area contributed by atoms with Crippen LogP contribution in [0.2, 0.25) is 0 Å². The highest BCUT2D eigenvalue weighted by Crippen LogP contribution is 2.35. The number of rotatable bonds is 8. The average molecular weight is 390 g/mol. The third-order valence-electron chi connectivity index (χ3n) is 4.74. The Kier molecular flexibility index (Phi) is 6.85. The molecule has 0 bridgehead atoms. The molecule has 0 aliphatic heterocycles. The molecule has 1 N–H and O–H groups in total. The van der Waals surface area contributed by atoms with Gasteiger partial charge in [0.15, 0.2) is 0 Å². The van der Waals surface area contributed by atoms with E-state index in [9.17, 15) is 4.79 Å². The predicted molar refractivity (Wildman–Crippen MR) is 116 cm³/mol. The van der Waals surface area contributed by atoms with Crippen LogP contribution in [0.4, 0.5) is 5.69 Å². The molecule has 3 aromatic rings. The number of carbonyl (C=O) groups excluding carboxylic acids is 1. The lowest BCUT2D eigenvalue weighted by Crippen LogP contribution is -2.12. The Labute approximate surface area is 171 Å². The Hall–Kier alpha value is -3.34. The van der Waals surface area contributed by atoms with Crippen molar-refractivity contribution in [3.05, 3.63) is 71.9 Å². The first-order chi connectivity index (χ1) is 14.2. The molecule has 1 heterocycles. The van der Waals surface area contributed by atoms with Crippen LogP contribution in [0.15, 0.2) is 60.8 Å². The summed E-state index contributed by atoms with van der Waals surface area (Å²) < 4.78 is 10.9. The summed E-state index contributed by atoms with van der Waals surface area (Å²) in [6.45, 7) is 2.18. The normalized spacial score (nSPS) is 10.4. The van der Waals surface area contributed by atoms with E-state index >= 15 is 0 Å². The lowest BCUT2D eigenvalue weighted by molar-refractivity contribution is 0.102. The van der Waals surface area contributed by atoms with Crippen LogP contribution in [0.25, 0.3) is 11.3 Å². The third kappa shape index (κ3) is 4.93. The number of unbranched alkanes of at least 4 members (excludes halogenated alkanes) is 1. The quantitative estimate of drug-likeness (QED) is 0.562. The molecule has 2 aromatic carbocycles. The second-order valence-corrected chi connectivity index (χ2v) is 6.72. The lowest BCUT2D eigenvalue weighted by Gasteiger charge is -2.13. The number of anilines is 1. The van der Waals surface area contributed by atoms with Crippen LogP contribution < -0.4 is 14.8 Å². The zero-order valence-corrected chi connectivity index (χ0v) is 17.1. The van der Waals surface area contributed by atoms with E-state index in [1.807, 2.05) is 30.3 Å². The lowest BCUT2D eigenvalue weighted by atomic mass is 10.1. The first kappa shape index (κ1) is 20.4. The molecule has 0 saturated heterocycles. The zero-order chi connectivity index (χ0) is 20.6. The largest absolute Gasteiger partial charge is 0.496 e. The van der Waals surface area contributed by atoms with E-state index in [-0.39, 0.29) is 5.91 Å². The van der Waals surface area contributed by atoms with Gasteiger partial charge in [-0.3, -0.25) is 9.78 Å². The Balaban J connectivity index is 1.79. The second-order valence-electron chi connectivity index (χ2n) is 6.72. The summed E-state index contributed by atoms with van der Waals surface area (Å²) in [7, 11) is 3.17. The molecular formula is C24H26N2O3. The smallest absolute Gasteiger partial charge is 0.255 e. The summed E-state index contributed by atoms with van der Waals surface area (Å²) in [6, 6.07) is 16.9. The first-order valence-electron chi connectivity index (χ1n) is 9.74. The summed E-state index contributed by atoms with van der Waals surface area (Å²) in [5.74, 6) is 1.01. The Morgan fingerprint density at radius 3 is 2.45 bits per heavy atom. The monoisotopic (exact) mass is 390 g/mol. The highest BCUT2D eigenvalue weighted by molar-refractivity contribution is 6.05. The SMILES string of the molecule is CCCCc1ccc(NC(=O)c2ccc(-c3ncccc3OC)c(OC)c2)cc1. The highest BCUT2D eigenvalue weighted by atomic mass is 16.5. The van der Waals surface area contributed by atoms with Crippen molar-refractivity contribution in [1.82, 2.24) is 4.98 Å². The van der Waals surface area contributed by atoms with Gasteiger partial charge in [-0.05, 0) is 60.9 Å². The average Bonchev–Trinajstić information content (AvgIpc) is 2.78. The molecule has 0 fully saturated rings. The molecule has 5 nitrogen and oxygen atoms in total. The van der Waals surface area contributed by atoms with Crippen LogP contribution >= 0.6 is 0 Å². The summed E-state index contributed by atoms with van der Waals surface area (Å²) >= 11 is 0. The van der Waals surface area contributed by atoms with Crippen molar-refractivity contribution in [2.75, 3.05) is 19.5 Å². The van der Waals surface area contributed by atoms with Crippen LogP contribution in [0.3, 0.4) is 0 Å². The number of hydrogen-bond donors (Lipinski definition) is 1. The fraction of sp³-hybridized carbons (Fsp3) is 0.250. The molecule has 150 valence electrons. The summed E-state index contributed by atoms with van der Waals surface area (Å²) in [5.41, 5.74) is 3.99. The van der Waals surface area contributed by atoms with Crippen molar-refractivity contribution in [3.63, 3.8) is 0 Å². The van der Waals surface area contributed by atoms with Gasteiger partial charge in [0.1, 0.15) is 17.2 Å². The second kappa shape index (κ2) is 9.73. The maximum Gasteiger partial charge on any atom is 0.255 e. The number of carbonyl (C=O) groups is 1. The maximum absolute atomic E-state index is 12.7. The van der Waals surface area contributed by atoms with Crippen LogP contribution in [-0.4, -0.2) is 25.1 Å². The van der Waals surface area contributed by atoms with E-state index in [4.69, 9.17) is 9.47 Å². The fourth-order valence-corrected chi connectivity index (χ4v) is 3.12. The molecule has 0 radical (unpaired) electrons. The summed E-state index contributed by atoms with van der Waals surface area (Å²) in [4.78, 5) is 17.1. The van der Waals surface area contributed by atoms with Crippen LogP contribution in [0.5, 0.6) is 11.5 Å². The topological polar surface area (TPSA) is 60.5 Å². The molecule has 0 aliphatic carbocycles. The van der Waals surface area contributed by atoms with E-state index in [0.29, 0.717) is 22.8 Å². The molecular weight excluding hydrogens is 364 g/mol. The Morgan fingerprint density at radius 2 is 1.76 bits per heavy atom. The highest BCUT2D eigenvalue weighted by Gasteiger charge is 2.15. The molecule has 1 amide bonds. The molecule has 3 rings (SSSR count). The number of ether oxygens (including phenoxy) is 2. The number of nitrogens with zero attached hydrogens (tertiary/aromatic N) is 1. The molecule has 0 aliphatic rings. The summed E-state index contributed by atoms with van der Waals surface area (Å²) in [6.07, 6.45) is 5.09. The van der Waals surface area contributed by atoms with Crippen LogP contribution in [0, 0.1) is 0 Å². The molecule has 0 spiro atoms. The number of pyridine rings is 1. The molecule has 29 heavy (non-hydrogen) atoms. The van der Waals surface area contributed by atoms with Gasteiger partial charge in [0, 0.05) is 23.0 Å². The predicted octanol–water partition coefficient (Wildman–Crippen LogP) is 5.36. The Bertz CT molecular complexity index is 968. The van der Waals surface area contributed by atoms with E-state index in [2.05, 4.69) is 29.4 Å². The number of hydrogen-bond acceptors (Lipinski definition) is 4. The van der Waals surface area contributed by atoms with E-state index < -0.39 is 0 Å². The van der Waals surface area contributed by atoms with Gasteiger partial charge in [0.2, 0.25) is 0 Å². The van der Waals surface area contributed by atoms with Crippen molar-refractivity contribution in [2.24, 2.45) is 0 Å². The van der Waals surface area contributed by atoms with Gasteiger partial charge in [-0.1, -0.05) is 25.5 Å². The molecule has 0 unspecified atom stereocenters. The van der Waals surface area contributed by atoms with Gasteiger partial charge in [-0.25, -0.2) is 0 Å². The number of aromatic nitrogens is 1. The van der Waals surface area contributed by atoms with Crippen LogP contribution in [-0.2, 0) is 6.42 Å². The summed E-state index contributed by atoms with van der Waals surface area (Å²) in [5, 5.41) is 2.94. The number of methoxy groups -OCH3 is 2. The Morgan fingerprint density at radius 1 is 1.00 bits per heavy atom. The third-order valence-corrected chi connectivity index (χ3v) is 4.74. The maximum atomic E-state index is 12.7. The number of amides is 1. The van der Waals surface area contributed by atoms with Crippen molar-refractivity contribution in [1.29, 1.82) is 0 Å². The van der Waals surface area contributed by atoms with Crippen molar-refractivity contribution >= 4 is 11.6 Å². The fourth-order valence-electron chi connectivity index (χ4n) is 3.12. The van der Waals surface area contributed by atoms with E-state index in [0.717, 1.165) is 17.7 Å². The molecule has 0 saturated carbocycles. The van der Waals surface area contributed by atoms with Crippen molar-refractivity contribution in [2.45, 2.75) is 26.2 Å². The molecule has 5 heteroatoms. The molecule has 1 aromatic heterocycles. The number of aryl methyl sites for hydroxylation is 1. The number of benzene rings is 2. The van der Waals surface area contributed by atoms with Crippen molar-refractivity contribution in [3.8, 4) is 22.8 Å². The van der Waals surface area contributed by atoms with Gasteiger partial charge in [0.25, 0.3) is 5.91 Å². The van der Waals surface area contributed by atoms with Crippen molar-refractivity contribution < 1.29 is 14.3 Å². The van der Waals surface area contributed by atoms with Crippen LogP contribution in [0.1, 0.15) is 35.7 Å². The van der Waals surface area contributed by atoms with Gasteiger partial charge >= 0.3 is 0 Å². The van der Waals surface area contributed by atoms with Gasteiger partial charge in [-0.15, -0.1) is 0 Å². The zero-order valence-electron chi connectivity index (χ0n) is 17.1. The van der Waals surface area contributed by atoms with Gasteiger partial charge < -0.3 is 14.8 Å². The van der Waals surface area contributed by atoms with E-state index in [1.54, 1.807) is 32.5 Å².